The van der Waals surface area contributed by atoms with Crippen molar-refractivity contribution < 1.29 is 23.1 Å². The number of aliphatic carboxylic acids is 1. The third kappa shape index (κ3) is 4.53. The van der Waals surface area contributed by atoms with E-state index < -0.39 is 29.1 Å². The molecule has 0 bridgehead atoms. The number of halogens is 3. The molecule has 3 nitrogen and oxygen atoms in total. The number of benzene rings is 1. The second-order valence-corrected chi connectivity index (χ2v) is 4.92. The van der Waals surface area contributed by atoms with Gasteiger partial charge in [0, 0.05) is 17.9 Å². The lowest BCUT2D eigenvalue weighted by molar-refractivity contribution is -0.136. The van der Waals surface area contributed by atoms with Gasteiger partial charge in [-0.15, -0.1) is 0 Å². The Labute approximate surface area is 110 Å². The number of thiocarbonyl (C=S) groups is 1. The van der Waals surface area contributed by atoms with E-state index in [-0.39, 0.29) is 16.5 Å². The maximum Gasteiger partial charge on any atom is 0.304 e. The van der Waals surface area contributed by atoms with Crippen LogP contribution in [0, 0.1) is 17.5 Å². The van der Waals surface area contributed by atoms with Crippen LogP contribution in [0.3, 0.4) is 0 Å². The van der Waals surface area contributed by atoms with Gasteiger partial charge < -0.3 is 10.4 Å². The molecule has 0 spiro atoms. The molecule has 0 saturated heterocycles. The molecule has 0 fully saturated rings. The highest BCUT2D eigenvalue weighted by molar-refractivity contribution is 8.23. The summed E-state index contributed by atoms with van der Waals surface area (Å²) in [5.74, 6) is -4.06. The first-order valence-electron chi connectivity index (χ1n) is 4.70. The number of carbonyl (C=O) groups is 1. The minimum Gasteiger partial charge on any atom is -0.481 e. The molecule has 8 heteroatoms. The van der Waals surface area contributed by atoms with Crippen LogP contribution in [0.15, 0.2) is 12.1 Å². The number of thioether (sulfide) groups is 1. The zero-order valence-corrected chi connectivity index (χ0v) is 10.5. The van der Waals surface area contributed by atoms with Gasteiger partial charge in [0.1, 0.15) is 15.8 Å². The molecule has 0 aliphatic heterocycles. The SMILES string of the molecule is O=C(O)CCSC(=S)Nc1c(F)cc(F)cc1F. The summed E-state index contributed by atoms with van der Waals surface area (Å²) in [6, 6.07) is 1.05. The van der Waals surface area contributed by atoms with Crippen molar-refractivity contribution in [2.45, 2.75) is 6.42 Å². The van der Waals surface area contributed by atoms with Crippen molar-refractivity contribution in [3.8, 4) is 0 Å². The number of carboxylic acids is 1. The number of hydrogen-bond donors (Lipinski definition) is 2. The van der Waals surface area contributed by atoms with Crippen molar-refractivity contribution in [2.75, 3.05) is 11.1 Å². The van der Waals surface area contributed by atoms with Crippen molar-refractivity contribution in [1.82, 2.24) is 0 Å². The van der Waals surface area contributed by atoms with Crippen LogP contribution < -0.4 is 5.32 Å². The second-order valence-electron chi connectivity index (χ2n) is 3.15. The molecule has 0 atom stereocenters. The van der Waals surface area contributed by atoms with E-state index in [0.29, 0.717) is 12.1 Å². The summed E-state index contributed by atoms with van der Waals surface area (Å²) in [5.41, 5.74) is -0.552. The smallest absolute Gasteiger partial charge is 0.304 e. The lowest BCUT2D eigenvalue weighted by Gasteiger charge is -2.09. The first kappa shape index (κ1) is 14.8. The zero-order valence-electron chi connectivity index (χ0n) is 8.87. The zero-order chi connectivity index (χ0) is 13.7. The molecule has 0 aliphatic carbocycles. The van der Waals surface area contributed by atoms with Gasteiger partial charge in [0.25, 0.3) is 0 Å². The molecule has 0 unspecified atom stereocenters. The van der Waals surface area contributed by atoms with Crippen LogP contribution in [0.2, 0.25) is 0 Å². The molecular formula is C10H8F3NO2S2. The van der Waals surface area contributed by atoms with Crippen molar-refractivity contribution >= 4 is 40.0 Å². The third-order valence-electron chi connectivity index (χ3n) is 1.78. The molecule has 0 radical (unpaired) electrons. The topological polar surface area (TPSA) is 49.3 Å². The van der Waals surface area contributed by atoms with Crippen molar-refractivity contribution in [1.29, 1.82) is 0 Å². The minimum atomic E-state index is -1.10. The Morgan fingerprint density at radius 2 is 1.89 bits per heavy atom. The quantitative estimate of drug-likeness (QED) is 0.836. The third-order valence-corrected chi connectivity index (χ3v) is 3.01. The molecule has 98 valence electrons. The van der Waals surface area contributed by atoms with Gasteiger partial charge in [-0.25, -0.2) is 13.2 Å². The van der Waals surface area contributed by atoms with E-state index in [0.717, 1.165) is 11.8 Å². The Morgan fingerprint density at radius 1 is 1.33 bits per heavy atom. The van der Waals surface area contributed by atoms with E-state index in [2.05, 4.69) is 5.32 Å². The molecule has 1 aromatic carbocycles. The Balaban J connectivity index is 2.62. The Bertz CT molecular complexity index is 459. The fraction of sp³-hybridized carbons (Fsp3) is 0.200. The van der Waals surface area contributed by atoms with Gasteiger partial charge in [0.15, 0.2) is 11.6 Å². The molecule has 1 aromatic rings. The van der Waals surface area contributed by atoms with Crippen LogP contribution in [0.5, 0.6) is 0 Å². The standard InChI is InChI=1S/C10H8F3NO2S2/c11-5-3-6(12)9(7(13)4-5)14-10(17)18-2-1-8(15)16/h3-4H,1-2H2,(H,14,17)(H,15,16). The highest BCUT2D eigenvalue weighted by Gasteiger charge is 2.13. The van der Waals surface area contributed by atoms with Crippen molar-refractivity contribution in [3.63, 3.8) is 0 Å². The number of hydrogen-bond acceptors (Lipinski definition) is 3. The van der Waals surface area contributed by atoms with Crippen LogP contribution in [-0.2, 0) is 4.79 Å². The van der Waals surface area contributed by atoms with Crippen molar-refractivity contribution in [3.05, 3.63) is 29.6 Å². The highest BCUT2D eigenvalue weighted by atomic mass is 32.2. The number of rotatable bonds is 4. The van der Waals surface area contributed by atoms with E-state index >= 15 is 0 Å². The first-order valence-corrected chi connectivity index (χ1v) is 6.09. The van der Waals surface area contributed by atoms with Crippen LogP contribution in [-0.4, -0.2) is 21.1 Å². The maximum absolute atomic E-state index is 13.2. The van der Waals surface area contributed by atoms with E-state index in [1.807, 2.05) is 0 Å². The minimum absolute atomic E-state index is 0.0145. The van der Waals surface area contributed by atoms with Crippen LogP contribution in [0.25, 0.3) is 0 Å². The molecule has 0 heterocycles. The molecule has 18 heavy (non-hydrogen) atoms. The van der Waals surface area contributed by atoms with Crippen LogP contribution in [0.1, 0.15) is 6.42 Å². The van der Waals surface area contributed by atoms with Gasteiger partial charge >= 0.3 is 5.97 Å². The molecule has 0 saturated carbocycles. The first-order chi connectivity index (χ1) is 8.40. The van der Waals surface area contributed by atoms with E-state index in [9.17, 15) is 18.0 Å². The Hall–Kier alpha value is -1.28. The van der Waals surface area contributed by atoms with Gasteiger partial charge in [0.05, 0.1) is 6.42 Å². The summed E-state index contributed by atoms with van der Waals surface area (Å²) in [6.45, 7) is 0. The summed E-state index contributed by atoms with van der Waals surface area (Å²) in [5, 5.41) is 10.7. The molecule has 1 rings (SSSR count). The van der Waals surface area contributed by atoms with Crippen molar-refractivity contribution in [2.24, 2.45) is 0 Å². The summed E-state index contributed by atoms with van der Waals surface area (Å²) in [7, 11) is 0. The normalized spacial score (nSPS) is 10.2. The maximum atomic E-state index is 13.2. The number of carboxylic acid groups (broad SMARTS) is 1. The average Bonchev–Trinajstić information content (AvgIpc) is 2.22. The van der Waals surface area contributed by atoms with Crippen LogP contribution >= 0.6 is 24.0 Å². The Morgan fingerprint density at radius 3 is 2.39 bits per heavy atom. The highest BCUT2D eigenvalue weighted by Crippen LogP contribution is 2.22. The van der Waals surface area contributed by atoms with E-state index in [1.165, 1.54) is 0 Å². The predicted molar refractivity (Wildman–Crippen MR) is 67.2 cm³/mol. The molecular weight excluding hydrogens is 287 g/mol. The monoisotopic (exact) mass is 295 g/mol. The summed E-state index contributed by atoms with van der Waals surface area (Å²) < 4.78 is 39.1. The van der Waals surface area contributed by atoms with Gasteiger partial charge in [-0.3, -0.25) is 4.79 Å². The van der Waals surface area contributed by atoms with Gasteiger partial charge in [-0.1, -0.05) is 24.0 Å². The van der Waals surface area contributed by atoms with Gasteiger partial charge in [-0.05, 0) is 0 Å². The average molecular weight is 295 g/mol. The van der Waals surface area contributed by atoms with E-state index in [4.69, 9.17) is 17.3 Å². The fourth-order valence-electron chi connectivity index (χ4n) is 1.03. The largest absolute Gasteiger partial charge is 0.481 e. The molecule has 0 amide bonds. The molecule has 0 aromatic heterocycles. The van der Waals surface area contributed by atoms with E-state index in [1.54, 1.807) is 0 Å². The number of nitrogens with one attached hydrogen (secondary N) is 1. The lowest BCUT2D eigenvalue weighted by atomic mass is 10.3. The summed E-state index contributed by atoms with van der Waals surface area (Å²) in [6.07, 6.45) is -0.124. The summed E-state index contributed by atoms with van der Waals surface area (Å²) >= 11 is 5.71. The summed E-state index contributed by atoms with van der Waals surface area (Å²) in [4.78, 5) is 10.2. The van der Waals surface area contributed by atoms with Gasteiger partial charge in [0.2, 0.25) is 0 Å². The fourth-order valence-corrected chi connectivity index (χ4v) is 2.02. The lowest BCUT2D eigenvalue weighted by Crippen LogP contribution is -2.10. The van der Waals surface area contributed by atoms with Gasteiger partial charge in [-0.2, -0.15) is 0 Å². The molecule has 2 N–H and O–H groups in total. The predicted octanol–water partition coefficient (Wildman–Crippen LogP) is 3.01. The Kier molecular flexibility index (Phi) is 5.42. The number of anilines is 1. The second kappa shape index (κ2) is 6.60. The van der Waals surface area contributed by atoms with Crippen LogP contribution in [0.4, 0.5) is 18.9 Å². The molecule has 0 aliphatic rings.